The molecule has 0 N–H and O–H groups in total. The summed E-state index contributed by atoms with van der Waals surface area (Å²) < 4.78 is 15.3. The summed E-state index contributed by atoms with van der Waals surface area (Å²) in [4.78, 5) is 40.1. The molecule has 158 valence electrons. The molecule has 0 spiro atoms. The van der Waals surface area contributed by atoms with Crippen LogP contribution in [0.4, 0.5) is 5.69 Å². The van der Waals surface area contributed by atoms with E-state index < -0.39 is 11.9 Å². The van der Waals surface area contributed by atoms with Gasteiger partial charge in [-0.1, -0.05) is 6.08 Å². The predicted octanol–water partition coefficient (Wildman–Crippen LogP) is 2.18. The molecule has 0 radical (unpaired) electrons. The molecule has 1 fully saturated rings. The Morgan fingerprint density at radius 3 is 2.23 bits per heavy atom. The number of ether oxygens (including phenoxy) is 3. The number of nitrogens with zero attached hydrogens (tertiary/aromatic N) is 2. The fourth-order valence-electron chi connectivity index (χ4n) is 3.27. The fourth-order valence-corrected chi connectivity index (χ4v) is 3.27. The van der Waals surface area contributed by atoms with Gasteiger partial charge in [-0.3, -0.25) is 4.79 Å². The first-order chi connectivity index (χ1) is 14.5. The number of hydrogen-bond acceptors (Lipinski definition) is 7. The van der Waals surface area contributed by atoms with E-state index in [9.17, 15) is 14.4 Å². The highest BCUT2D eigenvalue weighted by atomic mass is 16.5. The number of esters is 2. The van der Waals surface area contributed by atoms with Gasteiger partial charge in [0, 0.05) is 25.0 Å². The van der Waals surface area contributed by atoms with Crippen molar-refractivity contribution in [3.05, 3.63) is 60.0 Å². The van der Waals surface area contributed by atoms with Gasteiger partial charge in [0.05, 0.1) is 19.8 Å². The normalized spacial score (nSPS) is 15.8. The third-order valence-electron chi connectivity index (χ3n) is 4.83. The van der Waals surface area contributed by atoms with Crippen molar-refractivity contribution in [3.8, 4) is 5.75 Å². The van der Waals surface area contributed by atoms with E-state index in [2.05, 4.69) is 0 Å². The molecular formula is C22H24N2O6. The summed E-state index contributed by atoms with van der Waals surface area (Å²) in [5.74, 6) is -0.833. The van der Waals surface area contributed by atoms with E-state index in [1.165, 1.54) is 25.2 Å². The SMILES string of the molecule is COC(=O)C1=C(C(=O)OC)N(c2ccc(OCC(=O)N3CCCC3)cc2)C=CC=C1. The Labute approximate surface area is 175 Å². The van der Waals surface area contributed by atoms with Crippen LogP contribution in [0.2, 0.25) is 0 Å². The van der Waals surface area contributed by atoms with Crippen LogP contribution < -0.4 is 9.64 Å². The summed E-state index contributed by atoms with van der Waals surface area (Å²) in [5, 5.41) is 0. The number of hydrogen-bond donors (Lipinski definition) is 0. The van der Waals surface area contributed by atoms with E-state index in [1.807, 2.05) is 0 Å². The van der Waals surface area contributed by atoms with Crippen LogP contribution in [-0.2, 0) is 23.9 Å². The minimum atomic E-state index is -0.678. The van der Waals surface area contributed by atoms with E-state index in [0.29, 0.717) is 11.4 Å². The van der Waals surface area contributed by atoms with Crippen molar-refractivity contribution in [1.82, 2.24) is 4.90 Å². The highest BCUT2D eigenvalue weighted by Crippen LogP contribution is 2.28. The summed E-state index contributed by atoms with van der Waals surface area (Å²) in [7, 11) is 2.49. The minimum absolute atomic E-state index is 0.0211. The molecule has 3 rings (SSSR count). The number of methoxy groups -OCH3 is 2. The molecule has 2 aliphatic rings. The zero-order valence-electron chi connectivity index (χ0n) is 17.0. The smallest absolute Gasteiger partial charge is 0.355 e. The summed E-state index contributed by atoms with van der Waals surface area (Å²) >= 11 is 0. The first-order valence-corrected chi connectivity index (χ1v) is 9.60. The Balaban J connectivity index is 1.80. The lowest BCUT2D eigenvalue weighted by atomic mass is 10.1. The van der Waals surface area contributed by atoms with Crippen molar-refractivity contribution in [2.24, 2.45) is 0 Å². The van der Waals surface area contributed by atoms with Gasteiger partial charge < -0.3 is 24.0 Å². The van der Waals surface area contributed by atoms with Crippen molar-refractivity contribution < 1.29 is 28.6 Å². The molecule has 0 atom stereocenters. The molecule has 8 heteroatoms. The number of rotatable bonds is 6. The molecule has 1 aromatic rings. The van der Waals surface area contributed by atoms with E-state index >= 15 is 0 Å². The van der Waals surface area contributed by atoms with E-state index in [0.717, 1.165) is 25.9 Å². The first kappa shape index (κ1) is 21.2. The van der Waals surface area contributed by atoms with Gasteiger partial charge in [-0.05, 0) is 49.3 Å². The summed E-state index contributed by atoms with van der Waals surface area (Å²) in [6.45, 7) is 1.54. The molecule has 1 aromatic carbocycles. The van der Waals surface area contributed by atoms with Crippen LogP contribution in [0.5, 0.6) is 5.75 Å². The van der Waals surface area contributed by atoms with Crippen molar-refractivity contribution in [1.29, 1.82) is 0 Å². The van der Waals surface area contributed by atoms with E-state index in [1.54, 1.807) is 47.5 Å². The standard InChI is InChI=1S/C22H24N2O6/c1-28-21(26)18-7-3-4-14-24(20(18)22(27)29-2)16-8-10-17(11-9-16)30-15-19(25)23-12-5-6-13-23/h3-4,7-11,14H,5-6,12-13,15H2,1-2H3. The number of carbonyl (C=O) groups is 3. The molecule has 2 aliphatic heterocycles. The second-order valence-corrected chi connectivity index (χ2v) is 6.69. The van der Waals surface area contributed by atoms with E-state index in [-0.39, 0.29) is 23.8 Å². The summed E-state index contributed by atoms with van der Waals surface area (Å²) in [6.07, 6.45) is 8.53. The monoisotopic (exact) mass is 412 g/mol. The molecule has 1 amide bonds. The Morgan fingerprint density at radius 1 is 0.933 bits per heavy atom. The Morgan fingerprint density at radius 2 is 1.60 bits per heavy atom. The number of benzene rings is 1. The largest absolute Gasteiger partial charge is 0.484 e. The predicted molar refractivity (Wildman–Crippen MR) is 110 cm³/mol. The topological polar surface area (TPSA) is 85.4 Å². The highest BCUT2D eigenvalue weighted by molar-refractivity contribution is 6.05. The molecule has 0 aliphatic carbocycles. The van der Waals surface area contributed by atoms with Crippen LogP contribution in [0.1, 0.15) is 12.8 Å². The number of likely N-dealkylation sites (tertiary alicyclic amines) is 1. The summed E-state index contributed by atoms with van der Waals surface area (Å²) in [5.41, 5.74) is 0.716. The minimum Gasteiger partial charge on any atom is -0.484 e. The summed E-state index contributed by atoms with van der Waals surface area (Å²) in [6, 6.07) is 6.85. The van der Waals surface area contributed by atoms with Gasteiger partial charge in [0.15, 0.2) is 6.61 Å². The second kappa shape index (κ2) is 9.78. The first-order valence-electron chi connectivity index (χ1n) is 9.60. The lowest BCUT2D eigenvalue weighted by Gasteiger charge is -2.23. The van der Waals surface area contributed by atoms with Crippen LogP contribution >= 0.6 is 0 Å². The molecular weight excluding hydrogens is 388 g/mol. The van der Waals surface area contributed by atoms with Crippen LogP contribution in [0.25, 0.3) is 0 Å². The van der Waals surface area contributed by atoms with Gasteiger partial charge in [0.25, 0.3) is 5.91 Å². The third kappa shape index (κ3) is 4.71. The van der Waals surface area contributed by atoms with Crippen LogP contribution in [-0.4, -0.2) is 56.7 Å². The zero-order chi connectivity index (χ0) is 21.5. The van der Waals surface area contributed by atoms with Crippen molar-refractivity contribution in [2.45, 2.75) is 12.8 Å². The molecule has 0 unspecified atom stereocenters. The molecule has 2 heterocycles. The highest BCUT2D eigenvalue weighted by Gasteiger charge is 2.27. The molecule has 30 heavy (non-hydrogen) atoms. The number of carbonyl (C=O) groups excluding carboxylic acids is 3. The van der Waals surface area contributed by atoms with Crippen molar-refractivity contribution in [2.75, 3.05) is 38.8 Å². The van der Waals surface area contributed by atoms with Gasteiger partial charge in [-0.25, -0.2) is 9.59 Å². The second-order valence-electron chi connectivity index (χ2n) is 6.69. The average molecular weight is 412 g/mol. The van der Waals surface area contributed by atoms with Gasteiger partial charge in [0.1, 0.15) is 11.4 Å². The third-order valence-corrected chi connectivity index (χ3v) is 4.83. The van der Waals surface area contributed by atoms with Crippen molar-refractivity contribution in [3.63, 3.8) is 0 Å². The number of amides is 1. The zero-order valence-corrected chi connectivity index (χ0v) is 17.0. The lowest BCUT2D eigenvalue weighted by molar-refractivity contribution is -0.139. The number of anilines is 1. The molecule has 0 saturated carbocycles. The Hall–Kier alpha value is -3.55. The maximum atomic E-state index is 12.4. The van der Waals surface area contributed by atoms with Crippen LogP contribution in [0.15, 0.2) is 60.0 Å². The number of allylic oxidation sites excluding steroid dienone is 2. The van der Waals surface area contributed by atoms with E-state index in [4.69, 9.17) is 14.2 Å². The van der Waals surface area contributed by atoms with Gasteiger partial charge in [-0.2, -0.15) is 0 Å². The van der Waals surface area contributed by atoms with Crippen LogP contribution in [0.3, 0.4) is 0 Å². The molecule has 1 saturated heterocycles. The van der Waals surface area contributed by atoms with Crippen molar-refractivity contribution >= 4 is 23.5 Å². The quantitative estimate of drug-likeness (QED) is 0.662. The molecule has 0 aromatic heterocycles. The fraction of sp³-hybridized carbons (Fsp3) is 0.318. The Bertz CT molecular complexity index is 895. The maximum absolute atomic E-state index is 12.4. The lowest BCUT2D eigenvalue weighted by Crippen LogP contribution is -2.32. The Kier molecular flexibility index (Phi) is 6.90. The maximum Gasteiger partial charge on any atom is 0.355 e. The molecule has 8 nitrogen and oxygen atoms in total. The van der Waals surface area contributed by atoms with Crippen LogP contribution in [0, 0.1) is 0 Å². The molecule has 0 bridgehead atoms. The van der Waals surface area contributed by atoms with Gasteiger partial charge in [0.2, 0.25) is 0 Å². The average Bonchev–Trinajstić information content (AvgIpc) is 3.23. The van der Waals surface area contributed by atoms with Gasteiger partial charge >= 0.3 is 11.9 Å². The van der Waals surface area contributed by atoms with Gasteiger partial charge in [-0.15, -0.1) is 0 Å².